The Hall–Kier alpha value is -2.31. The third-order valence-electron chi connectivity index (χ3n) is 3.88. The van der Waals surface area contributed by atoms with Crippen LogP contribution in [-0.4, -0.2) is 26.4 Å². The van der Waals surface area contributed by atoms with Crippen molar-refractivity contribution in [2.24, 2.45) is 0 Å². The van der Waals surface area contributed by atoms with Crippen molar-refractivity contribution in [3.8, 4) is 5.69 Å². The monoisotopic (exact) mass is 386 g/mol. The van der Waals surface area contributed by atoms with Crippen molar-refractivity contribution in [2.75, 3.05) is 11.1 Å². The van der Waals surface area contributed by atoms with Crippen molar-refractivity contribution in [3.05, 3.63) is 64.9 Å². The van der Waals surface area contributed by atoms with Gasteiger partial charge < -0.3 is 5.32 Å². The Labute approximate surface area is 161 Å². The highest BCUT2D eigenvalue weighted by atomic mass is 35.5. The van der Waals surface area contributed by atoms with Gasteiger partial charge in [0.2, 0.25) is 5.91 Å². The first-order valence-corrected chi connectivity index (χ1v) is 9.63. The van der Waals surface area contributed by atoms with E-state index >= 15 is 0 Å². The van der Waals surface area contributed by atoms with E-state index in [1.807, 2.05) is 35.8 Å². The molecule has 1 heterocycles. The second-order valence-electron chi connectivity index (χ2n) is 5.70. The molecular formula is C19H19ClN4OS. The lowest BCUT2D eigenvalue weighted by Crippen LogP contribution is -2.14. The van der Waals surface area contributed by atoms with Gasteiger partial charge in [-0.05, 0) is 43.2 Å². The normalized spacial score (nSPS) is 10.7. The standard InChI is InChI=1S/C19H19ClN4OS/c1-3-14-8-10-15(11-9-14)24-13(2)22-23-19(24)26-12-18(25)21-17-7-5-4-6-16(17)20/h4-11H,3,12H2,1-2H3,(H,21,25). The lowest BCUT2D eigenvalue weighted by Gasteiger charge is -2.10. The predicted molar refractivity (Wildman–Crippen MR) is 106 cm³/mol. The first-order chi connectivity index (χ1) is 12.6. The molecule has 0 bridgehead atoms. The summed E-state index contributed by atoms with van der Waals surface area (Å²) in [5, 5.41) is 12.4. The Morgan fingerprint density at radius 2 is 1.88 bits per heavy atom. The van der Waals surface area contributed by atoms with E-state index in [1.54, 1.807) is 12.1 Å². The molecule has 1 amide bonds. The van der Waals surface area contributed by atoms with Crippen LogP contribution in [0.4, 0.5) is 5.69 Å². The average Bonchev–Trinajstić information content (AvgIpc) is 3.02. The molecule has 134 valence electrons. The van der Waals surface area contributed by atoms with Crippen molar-refractivity contribution in [2.45, 2.75) is 25.4 Å². The fourth-order valence-corrected chi connectivity index (χ4v) is 3.47. The highest BCUT2D eigenvalue weighted by Gasteiger charge is 2.14. The summed E-state index contributed by atoms with van der Waals surface area (Å²) in [6, 6.07) is 15.4. The molecule has 0 saturated carbocycles. The van der Waals surface area contributed by atoms with E-state index in [4.69, 9.17) is 11.6 Å². The maximum atomic E-state index is 12.2. The summed E-state index contributed by atoms with van der Waals surface area (Å²) in [5.41, 5.74) is 2.86. The van der Waals surface area contributed by atoms with Gasteiger partial charge in [0.05, 0.1) is 16.5 Å². The summed E-state index contributed by atoms with van der Waals surface area (Å²) < 4.78 is 1.95. The van der Waals surface area contributed by atoms with E-state index in [0.29, 0.717) is 15.9 Å². The fourth-order valence-electron chi connectivity index (χ4n) is 2.49. The van der Waals surface area contributed by atoms with E-state index < -0.39 is 0 Å². The van der Waals surface area contributed by atoms with E-state index in [0.717, 1.165) is 17.9 Å². The van der Waals surface area contributed by atoms with Crippen LogP contribution in [0.15, 0.2) is 53.7 Å². The number of anilines is 1. The molecule has 0 aliphatic rings. The van der Waals surface area contributed by atoms with Gasteiger partial charge in [0.1, 0.15) is 5.82 Å². The highest BCUT2D eigenvalue weighted by molar-refractivity contribution is 7.99. The molecule has 0 aliphatic carbocycles. The van der Waals surface area contributed by atoms with Gasteiger partial charge in [-0.25, -0.2) is 0 Å². The molecule has 26 heavy (non-hydrogen) atoms. The van der Waals surface area contributed by atoms with Crippen molar-refractivity contribution in [1.29, 1.82) is 0 Å². The quantitative estimate of drug-likeness (QED) is 0.632. The van der Waals surface area contributed by atoms with Crippen LogP contribution in [0, 0.1) is 6.92 Å². The number of thioether (sulfide) groups is 1. The Bertz CT molecular complexity index is 908. The number of aryl methyl sites for hydroxylation is 2. The highest BCUT2D eigenvalue weighted by Crippen LogP contribution is 2.24. The van der Waals surface area contributed by atoms with Crippen LogP contribution in [-0.2, 0) is 11.2 Å². The number of carbonyl (C=O) groups is 1. The molecule has 7 heteroatoms. The largest absolute Gasteiger partial charge is 0.324 e. The lowest BCUT2D eigenvalue weighted by atomic mass is 10.1. The van der Waals surface area contributed by atoms with E-state index in [-0.39, 0.29) is 11.7 Å². The van der Waals surface area contributed by atoms with Crippen LogP contribution < -0.4 is 5.32 Å². The van der Waals surface area contributed by atoms with E-state index in [1.165, 1.54) is 17.3 Å². The Kier molecular flexibility index (Phi) is 5.96. The molecule has 2 aromatic carbocycles. The van der Waals surface area contributed by atoms with Crippen LogP contribution in [0.2, 0.25) is 5.02 Å². The number of nitrogens with one attached hydrogen (secondary N) is 1. The number of halogens is 1. The van der Waals surface area contributed by atoms with Gasteiger partial charge in [-0.15, -0.1) is 10.2 Å². The van der Waals surface area contributed by atoms with Gasteiger partial charge in [-0.3, -0.25) is 9.36 Å². The molecule has 3 aromatic rings. The van der Waals surface area contributed by atoms with Crippen molar-refractivity contribution < 1.29 is 4.79 Å². The number of benzene rings is 2. The maximum absolute atomic E-state index is 12.2. The van der Waals surface area contributed by atoms with Gasteiger partial charge in [0, 0.05) is 5.69 Å². The van der Waals surface area contributed by atoms with Crippen molar-refractivity contribution in [1.82, 2.24) is 14.8 Å². The zero-order valence-corrected chi connectivity index (χ0v) is 16.1. The minimum absolute atomic E-state index is 0.142. The van der Waals surface area contributed by atoms with Crippen molar-refractivity contribution >= 4 is 35.0 Å². The average molecular weight is 387 g/mol. The number of hydrogen-bond donors (Lipinski definition) is 1. The number of nitrogens with zero attached hydrogens (tertiary/aromatic N) is 3. The smallest absolute Gasteiger partial charge is 0.234 e. The molecule has 5 nitrogen and oxygen atoms in total. The van der Waals surface area contributed by atoms with Gasteiger partial charge >= 0.3 is 0 Å². The molecule has 0 saturated heterocycles. The van der Waals surface area contributed by atoms with E-state index in [9.17, 15) is 4.79 Å². The molecular weight excluding hydrogens is 368 g/mol. The number of hydrogen-bond acceptors (Lipinski definition) is 4. The molecule has 0 fully saturated rings. The number of para-hydroxylation sites is 1. The van der Waals surface area contributed by atoms with Crippen LogP contribution >= 0.6 is 23.4 Å². The van der Waals surface area contributed by atoms with E-state index in [2.05, 4.69) is 34.6 Å². The first kappa shape index (κ1) is 18.5. The molecule has 1 N–H and O–H groups in total. The third kappa shape index (κ3) is 4.26. The summed E-state index contributed by atoms with van der Waals surface area (Å²) in [6.45, 7) is 4.02. The minimum Gasteiger partial charge on any atom is -0.324 e. The molecule has 0 atom stereocenters. The fraction of sp³-hybridized carbons (Fsp3) is 0.211. The summed E-state index contributed by atoms with van der Waals surface area (Å²) in [5.74, 6) is 0.857. The van der Waals surface area contributed by atoms with Crippen LogP contribution in [0.3, 0.4) is 0 Å². The Morgan fingerprint density at radius 1 is 1.15 bits per heavy atom. The predicted octanol–water partition coefficient (Wildman–Crippen LogP) is 4.52. The van der Waals surface area contributed by atoms with Gasteiger partial charge in [-0.1, -0.05) is 54.6 Å². The summed E-state index contributed by atoms with van der Waals surface area (Å²) in [6.07, 6.45) is 0.991. The molecule has 0 aliphatic heterocycles. The summed E-state index contributed by atoms with van der Waals surface area (Å²) >= 11 is 7.41. The zero-order chi connectivity index (χ0) is 18.5. The van der Waals surface area contributed by atoms with Gasteiger partial charge in [0.25, 0.3) is 0 Å². The molecule has 1 aromatic heterocycles. The third-order valence-corrected chi connectivity index (χ3v) is 5.14. The topological polar surface area (TPSA) is 59.8 Å². The number of carbonyl (C=O) groups excluding carboxylic acids is 1. The maximum Gasteiger partial charge on any atom is 0.234 e. The van der Waals surface area contributed by atoms with Crippen LogP contribution in [0.1, 0.15) is 18.3 Å². The summed E-state index contributed by atoms with van der Waals surface area (Å²) in [7, 11) is 0. The molecule has 0 spiro atoms. The first-order valence-electron chi connectivity index (χ1n) is 8.27. The lowest BCUT2D eigenvalue weighted by molar-refractivity contribution is -0.113. The van der Waals surface area contributed by atoms with Gasteiger partial charge in [-0.2, -0.15) is 0 Å². The second kappa shape index (κ2) is 8.38. The zero-order valence-electron chi connectivity index (χ0n) is 14.6. The Morgan fingerprint density at radius 3 is 2.58 bits per heavy atom. The molecule has 3 rings (SSSR count). The second-order valence-corrected chi connectivity index (χ2v) is 7.05. The number of rotatable bonds is 6. The number of amides is 1. The Balaban J connectivity index is 1.70. The SMILES string of the molecule is CCc1ccc(-n2c(C)nnc2SCC(=O)Nc2ccccc2Cl)cc1. The number of aromatic nitrogens is 3. The summed E-state index contributed by atoms with van der Waals surface area (Å²) in [4.78, 5) is 12.2. The van der Waals surface area contributed by atoms with Gasteiger partial charge in [0.15, 0.2) is 5.16 Å². The molecule has 0 radical (unpaired) electrons. The minimum atomic E-state index is -0.142. The van der Waals surface area contributed by atoms with Crippen LogP contribution in [0.25, 0.3) is 5.69 Å². The molecule has 0 unspecified atom stereocenters. The van der Waals surface area contributed by atoms with Crippen molar-refractivity contribution in [3.63, 3.8) is 0 Å². The van der Waals surface area contributed by atoms with Crippen LogP contribution in [0.5, 0.6) is 0 Å².